The van der Waals surface area contributed by atoms with Crippen LogP contribution in [0.3, 0.4) is 0 Å². The van der Waals surface area contributed by atoms with Gasteiger partial charge in [0, 0.05) is 5.41 Å². The van der Waals surface area contributed by atoms with Crippen LogP contribution < -0.4 is 0 Å². The first-order valence-corrected chi connectivity index (χ1v) is 8.22. The van der Waals surface area contributed by atoms with E-state index in [1.807, 2.05) is 0 Å². The second-order valence-electron chi connectivity index (χ2n) is 8.44. The van der Waals surface area contributed by atoms with Gasteiger partial charge < -0.3 is 9.84 Å². The van der Waals surface area contributed by atoms with Crippen molar-refractivity contribution in [1.82, 2.24) is 0 Å². The second kappa shape index (κ2) is 5.07. The molecular weight excluding hydrogens is 282 g/mol. The number of hydrogen-bond donors (Lipinski definition) is 1. The smallest absolute Gasteiger partial charge is 0.434 e. The molecule has 0 unspecified atom stereocenters. The number of amides is 1. The van der Waals surface area contributed by atoms with E-state index < -0.39 is 23.1 Å². The molecule has 4 bridgehead atoms. The number of rotatable bonds is 2. The van der Waals surface area contributed by atoms with Gasteiger partial charge in [-0.2, -0.15) is 4.99 Å². The minimum absolute atomic E-state index is 0.0425. The van der Waals surface area contributed by atoms with Crippen molar-refractivity contribution in [3.05, 3.63) is 0 Å². The van der Waals surface area contributed by atoms with Gasteiger partial charge in [0.2, 0.25) is 0 Å². The van der Waals surface area contributed by atoms with E-state index in [0.717, 1.165) is 19.3 Å². The third-order valence-electron chi connectivity index (χ3n) is 5.34. The van der Waals surface area contributed by atoms with Crippen molar-refractivity contribution in [2.45, 2.75) is 64.9 Å². The van der Waals surface area contributed by atoms with E-state index >= 15 is 0 Å². The molecule has 1 N–H and O–H groups in total. The zero-order chi connectivity index (χ0) is 16.1. The largest absolute Gasteiger partial charge is 0.477 e. The maximum Gasteiger partial charge on any atom is 0.434 e. The summed E-state index contributed by atoms with van der Waals surface area (Å²) in [5.41, 5.74) is -1.02. The van der Waals surface area contributed by atoms with E-state index in [1.165, 1.54) is 19.3 Å². The van der Waals surface area contributed by atoms with Crippen molar-refractivity contribution < 1.29 is 19.4 Å². The van der Waals surface area contributed by atoms with Crippen LogP contribution in [0.15, 0.2) is 4.99 Å². The monoisotopic (exact) mass is 307 g/mol. The van der Waals surface area contributed by atoms with E-state index in [-0.39, 0.29) is 5.71 Å². The molecule has 0 aromatic heterocycles. The van der Waals surface area contributed by atoms with Gasteiger partial charge in [-0.15, -0.1) is 0 Å². The number of ether oxygens (including phenoxy) is 1. The molecule has 0 aromatic rings. The quantitative estimate of drug-likeness (QED) is 0.790. The van der Waals surface area contributed by atoms with Crippen LogP contribution in [0, 0.1) is 23.2 Å². The molecule has 0 aromatic carbocycles. The number of hydrogen-bond acceptors (Lipinski definition) is 3. The zero-order valence-electron chi connectivity index (χ0n) is 13.6. The Bertz CT molecular complexity index is 494. The summed E-state index contributed by atoms with van der Waals surface area (Å²) in [7, 11) is 0. The highest BCUT2D eigenvalue weighted by atomic mass is 16.6. The number of carboxylic acids is 1. The molecule has 4 saturated carbocycles. The molecule has 1 amide bonds. The number of carboxylic acid groups (broad SMARTS) is 1. The maximum absolute atomic E-state index is 12.0. The lowest BCUT2D eigenvalue weighted by Gasteiger charge is -2.56. The first kappa shape index (κ1) is 15.5. The van der Waals surface area contributed by atoms with Crippen LogP contribution in [0.4, 0.5) is 4.79 Å². The van der Waals surface area contributed by atoms with Crippen LogP contribution in [0.1, 0.15) is 59.3 Å². The summed E-state index contributed by atoms with van der Waals surface area (Å²) < 4.78 is 5.19. The fraction of sp³-hybridized carbons (Fsp3) is 0.824. The standard InChI is InChI=1S/C17H25NO4/c1-16(2,3)22-15(21)18-13(14(19)20)17-7-10-4-11(8-17)6-12(5-10)9-17/h10-12H,4-9H2,1-3H3,(H,19,20)/b18-13-. The summed E-state index contributed by atoms with van der Waals surface area (Å²) >= 11 is 0. The molecule has 0 aliphatic heterocycles. The highest BCUT2D eigenvalue weighted by Gasteiger charge is 2.55. The summed E-state index contributed by atoms with van der Waals surface area (Å²) in [6, 6.07) is 0. The minimum Gasteiger partial charge on any atom is -0.477 e. The predicted molar refractivity (Wildman–Crippen MR) is 81.9 cm³/mol. The van der Waals surface area contributed by atoms with Gasteiger partial charge in [0.15, 0.2) is 0 Å². The van der Waals surface area contributed by atoms with Crippen LogP contribution in [-0.4, -0.2) is 28.5 Å². The summed E-state index contributed by atoms with van der Waals surface area (Å²) in [6.45, 7) is 5.27. The molecule has 0 heterocycles. The molecule has 4 aliphatic carbocycles. The van der Waals surface area contributed by atoms with Crippen LogP contribution in [0.25, 0.3) is 0 Å². The molecular formula is C17H25NO4. The maximum atomic E-state index is 12.0. The number of aliphatic carboxylic acids is 1. The molecule has 5 heteroatoms. The third kappa shape index (κ3) is 2.90. The van der Waals surface area contributed by atoms with E-state index in [4.69, 9.17) is 4.74 Å². The number of carbonyl (C=O) groups excluding carboxylic acids is 1. The fourth-order valence-corrected chi connectivity index (χ4v) is 5.17. The van der Waals surface area contributed by atoms with Gasteiger partial charge in [-0.05, 0) is 77.0 Å². The van der Waals surface area contributed by atoms with Crippen molar-refractivity contribution >= 4 is 17.8 Å². The number of nitrogens with zero attached hydrogens (tertiary/aromatic N) is 1. The Balaban J connectivity index is 1.88. The molecule has 4 rings (SSSR count). The van der Waals surface area contributed by atoms with Gasteiger partial charge in [0.05, 0.1) is 0 Å². The topological polar surface area (TPSA) is 76.0 Å². The summed E-state index contributed by atoms with van der Waals surface area (Å²) in [5.74, 6) is 0.756. The van der Waals surface area contributed by atoms with Crippen LogP contribution in [-0.2, 0) is 9.53 Å². The van der Waals surface area contributed by atoms with E-state index in [2.05, 4.69) is 4.99 Å². The number of carbonyl (C=O) groups is 2. The Hall–Kier alpha value is -1.39. The van der Waals surface area contributed by atoms with Gasteiger partial charge in [0.25, 0.3) is 0 Å². The molecule has 5 nitrogen and oxygen atoms in total. The molecule has 4 aliphatic rings. The van der Waals surface area contributed by atoms with Crippen LogP contribution >= 0.6 is 0 Å². The van der Waals surface area contributed by atoms with E-state index in [1.54, 1.807) is 20.8 Å². The number of aliphatic imine (C=N–C) groups is 1. The Labute approximate surface area is 131 Å². The van der Waals surface area contributed by atoms with Gasteiger partial charge in [-0.25, -0.2) is 9.59 Å². The van der Waals surface area contributed by atoms with Crippen molar-refractivity contribution in [3.63, 3.8) is 0 Å². The molecule has 0 spiro atoms. The third-order valence-corrected chi connectivity index (χ3v) is 5.34. The summed E-state index contributed by atoms with van der Waals surface area (Å²) in [4.78, 5) is 27.7. The van der Waals surface area contributed by atoms with Crippen molar-refractivity contribution in [2.75, 3.05) is 0 Å². The Morgan fingerprint density at radius 1 is 1.05 bits per heavy atom. The molecule has 0 saturated heterocycles. The Kier molecular flexibility index (Phi) is 3.57. The van der Waals surface area contributed by atoms with E-state index in [0.29, 0.717) is 17.8 Å². The van der Waals surface area contributed by atoms with Crippen molar-refractivity contribution in [3.8, 4) is 0 Å². The zero-order valence-corrected chi connectivity index (χ0v) is 13.6. The average Bonchev–Trinajstić information content (AvgIpc) is 2.31. The Morgan fingerprint density at radius 2 is 1.50 bits per heavy atom. The lowest BCUT2D eigenvalue weighted by molar-refractivity contribution is -0.131. The molecule has 0 atom stereocenters. The fourth-order valence-electron chi connectivity index (χ4n) is 5.17. The van der Waals surface area contributed by atoms with Gasteiger partial charge in [0.1, 0.15) is 11.3 Å². The lowest BCUT2D eigenvalue weighted by atomic mass is 9.48. The predicted octanol–water partition coefficient (Wildman–Crippen LogP) is 3.66. The normalized spacial score (nSPS) is 37.2. The van der Waals surface area contributed by atoms with Crippen molar-refractivity contribution in [2.24, 2.45) is 28.2 Å². The average molecular weight is 307 g/mol. The van der Waals surface area contributed by atoms with E-state index in [9.17, 15) is 14.7 Å². The molecule has 4 fully saturated rings. The SMILES string of the molecule is CC(C)(C)OC(=O)/N=C(/C(=O)O)C12CC3CC(CC(C3)C1)C2. The molecule has 0 radical (unpaired) electrons. The highest BCUT2D eigenvalue weighted by Crippen LogP contribution is 2.60. The second-order valence-corrected chi connectivity index (χ2v) is 8.44. The molecule has 22 heavy (non-hydrogen) atoms. The van der Waals surface area contributed by atoms with Crippen LogP contribution in [0.2, 0.25) is 0 Å². The highest BCUT2D eigenvalue weighted by molar-refractivity contribution is 6.39. The van der Waals surface area contributed by atoms with Gasteiger partial charge in [-0.3, -0.25) is 0 Å². The minimum atomic E-state index is -1.06. The Morgan fingerprint density at radius 3 is 1.86 bits per heavy atom. The van der Waals surface area contributed by atoms with Crippen molar-refractivity contribution in [1.29, 1.82) is 0 Å². The lowest BCUT2D eigenvalue weighted by Crippen LogP contribution is -2.52. The molecule has 122 valence electrons. The van der Waals surface area contributed by atoms with Gasteiger partial charge >= 0.3 is 12.1 Å². The summed E-state index contributed by atoms with van der Waals surface area (Å²) in [5, 5.41) is 9.64. The summed E-state index contributed by atoms with van der Waals surface area (Å²) in [6.07, 6.45) is 5.49. The first-order chi connectivity index (χ1) is 10.2. The van der Waals surface area contributed by atoms with Gasteiger partial charge in [-0.1, -0.05) is 0 Å². The van der Waals surface area contributed by atoms with Crippen LogP contribution in [0.5, 0.6) is 0 Å². The first-order valence-electron chi connectivity index (χ1n) is 8.22.